The minimum atomic E-state index is -0.462. The molecule has 202 valence electrons. The molecule has 5 rings (SSSR count). The standard InChI is InChI=1S/C12H17BClNO2.C10H10ClN3.C4H5BrN2/c1-11(2)12(3,4)17-13(16-11)8-6-5-7-9(15)10(8)14;1-14-6-7(5-13-14)8-3-2-4-9(12)10(8)11;1-7-3-4(5)2-6-7/h5-7H,15H2,1-4H3;2-6H,12H2,1H3;2-3H,1H3. The van der Waals surface area contributed by atoms with Gasteiger partial charge in [0.1, 0.15) is 0 Å². The van der Waals surface area contributed by atoms with E-state index in [9.17, 15) is 0 Å². The van der Waals surface area contributed by atoms with Gasteiger partial charge in [-0.25, -0.2) is 0 Å². The molecule has 0 atom stereocenters. The summed E-state index contributed by atoms with van der Waals surface area (Å²) in [7, 11) is 3.28. The normalized spacial score (nSPS) is 15.3. The molecular formula is C26H32BBrCl2N6O2. The van der Waals surface area contributed by atoms with Crippen molar-refractivity contribution >= 4 is 63.1 Å². The summed E-state index contributed by atoms with van der Waals surface area (Å²) in [5.74, 6) is 0. The minimum absolute atomic E-state index is 0.369. The molecule has 38 heavy (non-hydrogen) atoms. The number of benzene rings is 2. The third-order valence-corrected chi connectivity index (χ3v) is 7.55. The predicted octanol–water partition coefficient (Wildman–Crippen LogP) is 5.73. The fourth-order valence-corrected chi connectivity index (χ4v) is 4.28. The average Bonchev–Trinajstić information content (AvgIpc) is 3.49. The quantitative estimate of drug-likeness (QED) is 0.219. The zero-order chi connectivity index (χ0) is 28.3. The molecule has 4 aromatic rings. The van der Waals surface area contributed by atoms with Crippen LogP contribution in [0.2, 0.25) is 10.0 Å². The molecule has 0 radical (unpaired) electrons. The SMILES string of the molecule is CC1(C)OB(c2cccc(N)c2Cl)OC1(C)C.Cn1cc(-c2cccc(N)c2Cl)cn1.Cn1cc(Br)cn1. The van der Waals surface area contributed by atoms with Gasteiger partial charge in [-0.1, -0.05) is 47.5 Å². The molecule has 0 bridgehead atoms. The van der Waals surface area contributed by atoms with E-state index in [1.807, 2.05) is 78.4 Å². The van der Waals surface area contributed by atoms with E-state index in [2.05, 4.69) is 26.1 Å². The molecule has 1 fully saturated rings. The molecule has 0 aliphatic carbocycles. The molecular weight excluding hydrogens is 590 g/mol. The van der Waals surface area contributed by atoms with Gasteiger partial charge in [0, 0.05) is 48.8 Å². The second kappa shape index (κ2) is 12.1. The highest BCUT2D eigenvalue weighted by molar-refractivity contribution is 9.10. The number of aromatic nitrogens is 4. The molecule has 12 heteroatoms. The van der Waals surface area contributed by atoms with Crippen LogP contribution in [0.5, 0.6) is 0 Å². The van der Waals surface area contributed by atoms with Crippen molar-refractivity contribution in [3.8, 4) is 11.1 Å². The first-order valence-electron chi connectivity index (χ1n) is 11.8. The Morgan fingerprint density at radius 2 is 1.34 bits per heavy atom. The number of rotatable bonds is 2. The van der Waals surface area contributed by atoms with E-state index in [1.165, 1.54) is 0 Å². The topological polar surface area (TPSA) is 106 Å². The first kappa shape index (κ1) is 30.1. The Morgan fingerprint density at radius 3 is 1.82 bits per heavy atom. The molecule has 1 saturated heterocycles. The van der Waals surface area contributed by atoms with Crippen LogP contribution >= 0.6 is 39.1 Å². The molecule has 0 amide bonds. The van der Waals surface area contributed by atoms with Gasteiger partial charge in [-0.05, 0) is 55.8 Å². The van der Waals surface area contributed by atoms with Crippen LogP contribution in [0.15, 0.2) is 65.7 Å². The van der Waals surface area contributed by atoms with Crippen molar-refractivity contribution in [2.75, 3.05) is 11.5 Å². The van der Waals surface area contributed by atoms with E-state index in [1.54, 1.807) is 33.9 Å². The highest BCUT2D eigenvalue weighted by atomic mass is 79.9. The van der Waals surface area contributed by atoms with E-state index in [4.69, 9.17) is 44.0 Å². The van der Waals surface area contributed by atoms with E-state index in [0.717, 1.165) is 21.1 Å². The second-order valence-corrected chi connectivity index (χ2v) is 11.5. The van der Waals surface area contributed by atoms with Crippen molar-refractivity contribution in [3.63, 3.8) is 0 Å². The van der Waals surface area contributed by atoms with E-state index >= 15 is 0 Å². The van der Waals surface area contributed by atoms with Gasteiger partial charge in [0.25, 0.3) is 0 Å². The van der Waals surface area contributed by atoms with Crippen molar-refractivity contribution in [3.05, 3.63) is 75.7 Å². The van der Waals surface area contributed by atoms with Gasteiger partial charge in [0.2, 0.25) is 0 Å². The number of halogens is 3. The third-order valence-electron chi connectivity index (χ3n) is 6.28. The smallest absolute Gasteiger partial charge is 0.399 e. The largest absolute Gasteiger partial charge is 0.496 e. The first-order valence-corrected chi connectivity index (χ1v) is 13.3. The summed E-state index contributed by atoms with van der Waals surface area (Å²) in [5.41, 5.74) is 14.6. The highest BCUT2D eigenvalue weighted by Crippen LogP contribution is 2.37. The number of anilines is 2. The maximum absolute atomic E-state index is 6.17. The molecule has 2 aromatic carbocycles. The van der Waals surface area contributed by atoms with Crippen LogP contribution in [0.1, 0.15) is 27.7 Å². The molecule has 2 aromatic heterocycles. The summed E-state index contributed by atoms with van der Waals surface area (Å²) in [4.78, 5) is 0. The second-order valence-electron chi connectivity index (χ2n) is 9.78. The van der Waals surface area contributed by atoms with Crippen LogP contribution in [0.25, 0.3) is 11.1 Å². The summed E-state index contributed by atoms with van der Waals surface area (Å²) < 4.78 is 16.3. The molecule has 0 spiro atoms. The van der Waals surface area contributed by atoms with Gasteiger partial charge >= 0.3 is 7.12 Å². The number of hydrogen-bond acceptors (Lipinski definition) is 6. The number of nitrogens with two attached hydrogens (primary N) is 2. The summed E-state index contributed by atoms with van der Waals surface area (Å²) in [6.45, 7) is 8.03. The first-order chi connectivity index (χ1) is 17.7. The molecule has 0 unspecified atom stereocenters. The lowest BCUT2D eigenvalue weighted by Crippen LogP contribution is -2.41. The van der Waals surface area contributed by atoms with Gasteiger partial charge in [-0.2, -0.15) is 10.2 Å². The number of aryl methyl sites for hydroxylation is 2. The van der Waals surface area contributed by atoms with E-state index in [0.29, 0.717) is 21.4 Å². The van der Waals surface area contributed by atoms with E-state index < -0.39 is 7.12 Å². The van der Waals surface area contributed by atoms with Crippen LogP contribution in [0.4, 0.5) is 11.4 Å². The Balaban J connectivity index is 0.000000171. The number of nitrogen functional groups attached to an aromatic ring is 2. The van der Waals surface area contributed by atoms with E-state index in [-0.39, 0.29) is 11.2 Å². The highest BCUT2D eigenvalue weighted by Gasteiger charge is 2.52. The maximum atomic E-state index is 6.17. The number of hydrogen-bond donors (Lipinski definition) is 2. The lowest BCUT2D eigenvalue weighted by atomic mass is 9.79. The fraction of sp³-hybridized carbons (Fsp3) is 0.308. The Kier molecular flexibility index (Phi) is 9.59. The Labute approximate surface area is 242 Å². The lowest BCUT2D eigenvalue weighted by Gasteiger charge is -2.32. The van der Waals surface area contributed by atoms with Crippen molar-refractivity contribution in [2.24, 2.45) is 14.1 Å². The van der Waals surface area contributed by atoms with Crippen molar-refractivity contribution < 1.29 is 9.31 Å². The summed E-state index contributed by atoms with van der Waals surface area (Å²) in [6.07, 6.45) is 7.31. The van der Waals surface area contributed by atoms with Crippen molar-refractivity contribution in [1.29, 1.82) is 0 Å². The average molecular weight is 622 g/mol. The van der Waals surface area contributed by atoms with Crippen molar-refractivity contribution in [2.45, 2.75) is 38.9 Å². The molecule has 4 N–H and O–H groups in total. The fourth-order valence-electron chi connectivity index (χ4n) is 3.44. The van der Waals surface area contributed by atoms with Gasteiger partial charge in [0.05, 0.1) is 43.8 Å². The van der Waals surface area contributed by atoms with Gasteiger partial charge in [0.15, 0.2) is 0 Å². The Morgan fingerprint density at radius 1 is 0.816 bits per heavy atom. The monoisotopic (exact) mass is 620 g/mol. The molecule has 1 aliphatic heterocycles. The summed E-state index contributed by atoms with van der Waals surface area (Å²) in [5, 5.41) is 9.06. The zero-order valence-corrected chi connectivity index (χ0v) is 25.3. The Hall–Kier alpha value is -2.50. The van der Waals surface area contributed by atoms with Gasteiger partial charge in [-0.3, -0.25) is 9.36 Å². The van der Waals surface area contributed by atoms with Crippen LogP contribution in [-0.4, -0.2) is 37.9 Å². The van der Waals surface area contributed by atoms with Gasteiger partial charge in [-0.15, -0.1) is 0 Å². The third kappa shape index (κ3) is 7.12. The lowest BCUT2D eigenvalue weighted by molar-refractivity contribution is 0.00578. The van der Waals surface area contributed by atoms with Crippen LogP contribution in [-0.2, 0) is 23.4 Å². The molecule has 3 heterocycles. The maximum Gasteiger partial charge on any atom is 0.496 e. The number of nitrogens with zero attached hydrogens (tertiary/aromatic N) is 4. The zero-order valence-electron chi connectivity index (χ0n) is 22.2. The minimum Gasteiger partial charge on any atom is -0.399 e. The van der Waals surface area contributed by atoms with Crippen molar-refractivity contribution in [1.82, 2.24) is 19.6 Å². The van der Waals surface area contributed by atoms with Crippen LogP contribution < -0.4 is 16.9 Å². The Bertz CT molecular complexity index is 1360. The predicted molar refractivity (Wildman–Crippen MR) is 161 cm³/mol. The molecule has 1 aliphatic rings. The van der Waals surface area contributed by atoms with Crippen LogP contribution in [0.3, 0.4) is 0 Å². The van der Waals surface area contributed by atoms with Crippen LogP contribution in [0, 0.1) is 0 Å². The van der Waals surface area contributed by atoms with Gasteiger partial charge < -0.3 is 20.8 Å². The summed E-state index contributed by atoms with van der Waals surface area (Å²) >= 11 is 15.5. The molecule has 8 nitrogen and oxygen atoms in total. The summed E-state index contributed by atoms with van der Waals surface area (Å²) in [6, 6.07) is 11.1. The molecule has 0 saturated carbocycles.